The standard InChI is InChI=1S/C13H10N2O3/c16-13(17)15-14-10-5-4-8-12(9-10)18-11-6-2-1-3-7-11/h1-9H,(H,16,17). The molecule has 0 bridgehead atoms. The molecule has 0 heterocycles. The van der Waals surface area contributed by atoms with Gasteiger partial charge in [0, 0.05) is 6.07 Å². The molecule has 0 saturated carbocycles. The highest BCUT2D eigenvalue weighted by Gasteiger charge is 1.98. The fraction of sp³-hybridized carbons (Fsp3) is 0. The van der Waals surface area contributed by atoms with Crippen LogP contribution in [0.2, 0.25) is 0 Å². The molecule has 0 saturated heterocycles. The first-order valence-electron chi connectivity index (χ1n) is 5.22. The molecule has 0 aliphatic heterocycles. The Bertz CT molecular complexity index is 567. The number of nitrogens with zero attached hydrogens (tertiary/aromatic N) is 2. The number of amides is 1. The molecule has 1 amide bonds. The van der Waals surface area contributed by atoms with E-state index in [9.17, 15) is 4.79 Å². The maximum Gasteiger partial charge on any atom is 0.449 e. The van der Waals surface area contributed by atoms with Crippen molar-refractivity contribution in [1.82, 2.24) is 0 Å². The third kappa shape index (κ3) is 3.41. The fourth-order valence-corrected chi connectivity index (χ4v) is 1.33. The first-order chi connectivity index (χ1) is 8.74. The fourth-order valence-electron chi connectivity index (χ4n) is 1.33. The normalized spacial score (nSPS) is 10.4. The van der Waals surface area contributed by atoms with E-state index >= 15 is 0 Å². The first kappa shape index (κ1) is 11.8. The van der Waals surface area contributed by atoms with Crippen molar-refractivity contribution in [3.05, 3.63) is 54.6 Å². The van der Waals surface area contributed by atoms with Crippen LogP contribution in [-0.4, -0.2) is 11.2 Å². The number of carboxylic acid groups (broad SMARTS) is 1. The van der Waals surface area contributed by atoms with E-state index in [0.717, 1.165) is 0 Å². The van der Waals surface area contributed by atoms with Gasteiger partial charge in [-0.25, -0.2) is 4.79 Å². The summed E-state index contributed by atoms with van der Waals surface area (Å²) in [5.74, 6) is 1.27. The van der Waals surface area contributed by atoms with Gasteiger partial charge in [-0.15, -0.1) is 5.11 Å². The number of para-hydroxylation sites is 1. The average molecular weight is 242 g/mol. The van der Waals surface area contributed by atoms with Crippen LogP contribution in [0.5, 0.6) is 11.5 Å². The number of benzene rings is 2. The lowest BCUT2D eigenvalue weighted by Gasteiger charge is -2.05. The smallest absolute Gasteiger partial charge is 0.449 e. The molecule has 0 aliphatic rings. The van der Waals surface area contributed by atoms with Gasteiger partial charge in [0.2, 0.25) is 0 Å². The van der Waals surface area contributed by atoms with Crippen molar-refractivity contribution in [2.45, 2.75) is 0 Å². The summed E-state index contributed by atoms with van der Waals surface area (Å²) in [4.78, 5) is 10.3. The topological polar surface area (TPSA) is 71.2 Å². The molecule has 5 heteroatoms. The molecule has 5 nitrogen and oxygen atoms in total. The minimum Gasteiger partial charge on any atom is -0.462 e. The summed E-state index contributed by atoms with van der Waals surface area (Å²) in [5.41, 5.74) is 0.422. The Balaban J connectivity index is 2.15. The van der Waals surface area contributed by atoms with Crippen LogP contribution in [0, 0.1) is 0 Å². The number of ether oxygens (including phenoxy) is 1. The monoisotopic (exact) mass is 242 g/mol. The Kier molecular flexibility index (Phi) is 3.66. The van der Waals surface area contributed by atoms with Gasteiger partial charge in [0.1, 0.15) is 11.5 Å². The van der Waals surface area contributed by atoms with E-state index in [1.807, 2.05) is 30.3 Å². The highest BCUT2D eigenvalue weighted by Crippen LogP contribution is 2.25. The van der Waals surface area contributed by atoms with Crippen LogP contribution in [0.4, 0.5) is 10.5 Å². The van der Waals surface area contributed by atoms with Crippen molar-refractivity contribution in [2.24, 2.45) is 10.2 Å². The van der Waals surface area contributed by atoms with Crippen molar-refractivity contribution in [3.8, 4) is 11.5 Å². The van der Waals surface area contributed by atoms with E-state index < -0.39 is 6.09 Å². The minimum absolute atomic E-state index is 0.422. The van der Waals surface area contributed by atoms with E-state index in [1.54, 1.807) is 24.3 Å². The second-order valence-electron chi connectivity index (χ2n) is 3.40. The van der Waals surface area contributed by atoms with E-state index in [4.69, 9.17) is 9.84 Å². The van der Waals surface area contributed by atoms with Gasteiger partial charge < -0.3 is 9.84 Å². The second-order valence-corrected chi connectivity index (χ2v) is 3.40. The Morgan fingerprint density at radius 1 is 1.00 bits per heavy atom. The predicted octanol–water partition coefficient (Wildman–Crippen LogP) is 4.24. The van der Waals surface area contributed by atoms with E-state index in [-0.39, 0.29) is 0 Å². The Hall–Kier alpha value is -2.69. The number of hydrogen-bond donors (Lipinski definition) is 1. The molecule has 0 atom stereocenters. The third-order valence-electron chi connectivity index (χ3n) is 2.05. The molecular weight excluding hydrogens is 232 g/mol. The van der Waals surface area contributed by atoms with Gasteiger partial charge in [-0.2, -0.15) is 0 Å². The zero-order valence-electron chi connectivity index (χ0n) is 9.35. The van der Waals surface area contributed by atoms with Crippen LogP contribution in [-0.2, 0) is 0 Å². The van der Waals surface area contributed by atoms with Crippen molar-refractivity contribution in [1.29, 1.82) is 0 Å². The summed E-state index contributed by atoms with van der Waals surface area (Å²) in [7, 11) is 0. The number of rotatable bonds is 3. The third-order valence-corrected chi connectivity index (χ3v) is 2.05. The van der Waals surface area contributed by atoms with Gasteiger partial charge in [0.05, 0.1) is 5.69 Å². The molecule has 0 fully saturated rings. The van der Waals surface area contributed by atoms with Gasteiger partial charge in [0.15, 0.2) is 0 Å². The summed E-state index contributed by atoms with van der Waals surface area (Å²) in [6, 6.07) is 16.0. The molecule has 2 aromatic rings. The number of carbonyl (C=O) groups is 1. The van der Waals surface area contributed by atoms with Crippen molar-refractivity contribution in [2.75, 3.05) is 0 Å². The molecule has 0 spiro atoms. The quantitative estimate of drug-likeness (QED) is 0.818. The first-order valence-corrected chi connectivity index (χ1v) is 5.22. The lowest BCUT2D eigenvalue weighted by Crippen LogP contribution is -1.83. The summed E-state index contributed by atoms with van der Waals surface area (Å²) < 4.78 is 5.58. The minimum atomic E-state index is -1.33. The highest BCUT2D eigenvalue weighted by atomic mass is 16.5. The molecule has 2 aromatic carbocycles. The van der Waals surface area contributed by atoms with E-state index in [1.165, 1.54) is 0 Å². The second kappa shape index (κ2) is 5.58. The van der Waals surface area contributed by atoms with Gasteiger partial charge in [-0.1, -0.05) is 29.4 Å². The van der Waals surface area contributed by atoms with Crippen molar-refractivity contribution < 1.29 is 14.6 Å². The Morgan fingerprint density at radius 3 is 2.44 bits per heavy atom. The predicted molar refractivity (Wildman–Crippen MR) is 65.5 cm³/mol. The van der Waals surface area contributed by atoms with Crippen molar-refractivity contribution >= 4 is 11.8 Å². The molecule has 1 N–H and O–H groups in total. The van der Waals surface area contributed by atoms with Gasteiger partial charge in [-0.3, -0.25) is 0 Å². The largest absolute Gasteiger partial charge is 0.462 e. The van der Waals surface area contributed by atoms with Crippen LogP contribution in [0.15, 0.2) is 64.8 Å². The maximum absolute atomic E-state index is 10.3. The molecule has 0 aliphatic carbocycles. The number of hydrogen-bond acceptors (Lipinski definition) is 3. The Labute approximate surface area is 103 Å². The summed E-state index contributed by atoms with van der Waals surface area (Å²) in [6.45, 7) is 0. The highest BCUT2D eigenvalue weighted by molar-refractivity contribution is 5.65. The summed E-state index contributed by atoms with van der Waals surface area (Å²) in [6.07, 6.45) is -1.33. The summed E-state index contributed by atoms with van der Waals surface area (Å²) in [5, 5.41) is 15.0. The van der Waals surface area contributed by atoms with Crippen LogP contribution >= 0.6 is 0 Å². The molecule has 0 radical (unpaired) electrons. The van der Waals surface area contributed by atoms with Crippen molar-refractivity contribution in [3.63, 3.8) is 0 Å². The van der Waals surface area contributed by atoms with Crippen LogP contribution in [0.25, 0.3) is 0 Å². The van der Waals surface area contributed by atoms with Gasteiger partial charge in [0.25, 0.3) is 0 Å². The lowest BCUT2D eigenvalue weighted by atomic mass is 10.3. The van der Waals surface area contributed by atoms with Crippen LogP contribution in [0.1, 0.15) is 0 Å². The SMILES string of the molecule is O=C(O)N=Nc1cccc(Oc2ccccc2)c1. The molecule has 90 valence electrons. The average Bonchev–Trinajstić information content (AvgIpc) is 2.38. The molecule has 0 aromatic heterocycles. The van der Waals surface area contributed by atoms with Gasteiger partial charge >= 0.3 is 6.09 Å². The van der Waals surface area contributed by atoms with Crippen LogP contribution in [0.3, 0.4) is 0 Å². The molecule has 2 rings (SSSR count). The molecule has 18 heavy (non-hydrogen) atoms. The van der Waals surface area contributed by atoms with E-state index in [0.29, 0.717) is 17.2 Å². The van der Waals surface area contributed by atoms with Crippen LogP contribution < -0.4 is 4.74 Å². The zero-order valence-corrected chi connectivity index (χ0v) is 9.35. The van der Waals surface area contributed by atoms with Gasteiger partial charge in [-0.05, 0) is 24.3 Å². The van der Waals surface area contributed by atoms with E-state index in [2.05, 4.69) is 10.2 Å². The maximum atomic E-state index is 10.3. The zero-order chi connectivity index (χ0) is 12.8. The number of azo groups is 1. The Morgan fingerprint density at radius 2 is 1.72 bits per heavy atom. The molecule has 0 unspecified atom stereocenters. The molecular formula is C13H10N2O3. The lowest BCUT2D eigenvalue weighted by molar-refractivity contribution is 0.204. The summed E-state index contributed by atoms with van der Waals surface area (Å²) >= 11 is 0.